The Balaban J connectivity index is 1.95. The molecular formula is C12H17FN4. The van der Waals surface area contributed by atoms with E-state index < -0.39 is 5.82 Å². The van der Waals surface area contributed by atoms with Crippen LogP contribution in [0.2, 0.25) is 0 Å². The molecule has 0 spiro atoms. The maximum absolute atomic E-state index is 13.6. The Morgan fingerprint density at radius 2 is 2.12 bits per heavy atom. The molecule has 3 atom stereocenters. The van der Waals surface area contributed by atoms with Crippen LogP contribution in [-0.4, -0.2) is 9.97 Å². The number of nitrogens with zero attached hydrogens (tertiary/aromatic N) is 2. The SMILES string of the molecule is Cc1nc(C2CC3CCC2C3)nc(NN)c1F. The number of anilines is 1. The maximum Gasteiger partial charge on any atom is 0.187 e. The first-order chi connectivity index (χ1) is 8.19. The summed E-state index contributed by atoms with van der Waals surface area (Å²) in [6.07, 6.45) is 5.04. The van der Waals surface area contributed by atoms with Gasteiger partial charge >= 0.3 is 0 Å². The number of hydrogen-bond acceptors (Lipinski definition) is 4. The van der Waals surface area contributed by atoms with Crippen molar-refractivity contribution in [3.05, 3.63) is 17.3 Å². The van der Waals surface area contributed by atoms with Gasteiger partial charge in [0.2, 0.25) is 0 Å². The molecule has 0 aromatic carbocycles. The third-order valence-electron chi connectivity index (χ3n) is 4.24. The summed E-state index contributed by atoms with van der Waals surface area (Å²) in [6.45, 7) is 1.66. The van der Waals surface area contributed by atoms with E-state index in [0.29, 0.717) is 17.5 Å². The normalized spacial score (nSPS) is 30.9. The van der Waals surface area contributed by atoms with Gasteiger partial charge in [-0.15, -0.1) is 0 Å². The van der Waals surface area contributed by atoms with E-state index in [4.69, 9.17) is 5.84 Å². The Morgan fingerprint density at radius 1 is 1.29 bits per heavy atom. The molecule has 3 N–H and O–H groups in total. The van der Waals surface area contributed by atoms with Gasteiger partial charge in [0, 0.05) is 5.92 Å². The van der Waals surface area contributed by atoms with Gasteiger partial charge in [-0.2, -0.15) is 0 Å². The molecule has 3 rings (SSSR count). The Bertz CT molecular complexity index is 448. The minimum Gasteiger partial charge on any atom is -0.306 e. The van der Waals surface area contributed by atoms with Crippen molar-refractivity contribution >= 4 is 5.82 Å². The first-order valence-corrected chi connectivity index (χ1v) is 6.19. The second kappa shape index (κ2) is 3.91. The molecule has 2 aliphatic rings. The first-order valence-electron chi connectivity index (χ1n) is 6.19. The molecule has 0 aliphatic heterocycles. The Labute approximate surface area is 99.8 Å². The van der Waals surface area contributed by atoms with E-state index in [1.807, 2.05) is 0 Å². The fourth-order valence-corrected chi connectivity index (χ4v) is 3.40. The number of aromatic nitrogens is 2. The van der Waals surface area contributed by atoms with Crippen LogP contribution in [0, 0.1) is 24.6 Å². The quantitative estimate of drug-likeness (QED) is 0.610. The second-order valence-electron chi connectivity index (χ2n) is 5.26. The summed E-state index contributed by atoms with van der Waals surface area (Å²) >= 11 is 0. The van der Waals surface area contributed by atoms with E-state index >= 15 is 0 Å². The van der Waals surface area contributed by atoms with Crippen LogP contribution < -0.4 is 11.3 Å². The van der Waals surface area contributed by atoms with Gasteiger partial charge in [0.25, 0.3) is 0 Å². The van der Waals surface area contributed by atoms with Crippen LogP contribution in [-0.2, 0) is 0 Å². The molecule has 0 radical (unpaired) electrons. The number of nitrogens with one attached hydrogen (secondary N) is 1. The fourth-order valence-electron chi connectivity index (χ4n) is 3.40. The van der Waals surface area contributed by atoms with Crippen LogP contribution in [0.4, 0.5) is 10.2 Å². The summed E-state index contributed by atoms with van der Waals surface area (Å²) in [4.78, 5) is 8.53. The molecule has 92 valence electrons. The van der Waals surface area contributed by atoms with Gasteiger partial charge in [0.15, 0.2) is 11.6 Å². The molecule has 4 nitrogen and oxygen atoms in total. The van der Waals surface area contributed by atoms with Crippen molar-refractivity contribution in [2.75, 3.05) is 5.43 Å². The lowest BCUT2D eigenvalue weighted by molar-refractivity contribution is 0.403. The molecule has 0 saturated heterocycles. The molecule has 0 amide bonds. The number of halogens is 1. The molecule has 1 heterocycles. The largest absolute Gasteiger partial charge is 0.306 e. The van der Waals surface area contributed by atoms with E-state index in [1.165, 1.54) is 19.3 Å². The highest BCUT2D eigenvalue weighted by atomic mass is 19.1. The van der Waals surface area contributed by atoms with Crippen molar-refractivity contribution in [2.45, 2.75) is 38.5 Å². The molecule has 2 saturated carbocycles. The number of nitrogens with two attached hydrogens (primary N) is 1. The van der Waals surface area contributed by atoms with Crippen LogP contribution in [0.15, 0.2) is 0 Å². The molecule has 2 bridgehead atoms. The van der Waals surface area contributed by atoms with Gasteiger partial charge < -0.3 is 5.43 Å². The van der Waals surface area contributed by atoms with E-state index in [0.717, 1.165) is 18.2 Å². The van der Waals surface area contributed by atoms with Crippen LogP contribution in [0.5, 0.6) is 0 Å². The van der Waals surface area contributed by atoms with E-state index in [2.05, 4.69) is 15.4 Å². The lowest BCUT2D eigenvalue weighted by Crippen LogP contribution is -2.18. The van der Waals surface area contributed by atoms with E-state index in [1.54, 1.807) is 6.92 Å². The van der Waals surface area contributed by atoms with Gasteiger partial charge in [-0.1, -0.05) is 6.42 Å². The Morgan fingerprint density at radius 3 is 2.71 bits per heavy atom. The van der Waals surface area contributed by atoms with Crippen molar-refractivity contribution in [3.8, 4) is 0 Å². The monoisotopic (exact) mass is 236 g/mol. The van der Waals surface area contributed by atoms with Gasteiger partial charge in [-0.05, 0) is 38.0 Å². The first kappa shape index (κ1) is 10.9. The minimum atomic E-state index is -0.445. The number of hydrogen-bond donors (Lipinski definition) is 2. The number of hydrazine groups is 1. The summed E-state index contributed by atoms with van der Waals surface area (Å²) in [5.41, 5.74) is 2.70. The van der Waals surface area contributed by atoms with Gasteiger partial charge in [-0.3, -0.25) is 0 Å². The summed E-state index contributed by atoms with van der Waals surface area (Å²) in [5.74, 6) is 7.65. The van der Waals surface area contributed by atoms with Gasteiger partial charge in [0.05, 0.1) is 5.69 Å². The van der Waals surface area contributed by atoms with Crippen molar-refractivity contribution in [1.29, 1.82) is 0 Å². The van der Waals surface area contributed by atoms with E-state index in [9.17, 15) is 4.39 Å². The summed E-state index contributed by atoms with van der Waals surface area (Å²) < 4.78 is 13.6. The molecule has 2 aliphatic carbocycles. The highest BCUT2D eigenvalue weighted by Gasteiger charge is 2.41. The number of rotatable bonds is 2. The summed E-state index contributed by atoms with van der Waals surface area (Å²) in [7, 11) is 0. The van der Waals surface area contributed by atoms with Crippen LogP contribution in [0.1, 0.15) is 43.1 Å². The third-order valence-corrected chi connectivity index (χ3v) is 4.24. The predicted molar refractivity (Wildman–Crippen MR) is 62.7 cm³/mol. The average molecular weight is 236 g/mol. The Kier molecular flexibility index (Phi) is 2.50. The van der Waals surface area contributed by atoms with Crippen molar-refractivity contribution in [2.24, 2.45) is 17.7 Å². The molecule has 1 aromatic rings. The number of aryl methyl sites for hydroxylation is 1. The zero-order valence-electron chi connectivity index (χ0n) is 9.91. The molecule has 2 fully saturated rings. The molecule has 5 heteroatoms. The fraction of sp³-hybridized carbons (Fsp3) is 0.667. The van der Waals surface area contributed by atoms with Crippen LogP contribution in [0.25, 0.3) is 0 Å². The lowest BCUT2D eigenvalue weighted by atomic mass is 9.88. The zero-order chi connectivity index (χ0) is 12.0. The smallest absolute Gasteiger partial charge is 0.187 e. The summed E-state index contributed by atoms with van der Waals surface area (Å²) in [5, 5.41) is 0. The molecule has 17 heavy (non-hydrogen) atoms. The Hall–Kier alpha value is -1.23. The van der Waals surface area contributed by atoms with Crippen molar-refractivity contribution in [1.82, 2.24) is 9.97 Å². The highest BCUT2D eigenvalue weighted by molar-refractivity contribution is 5.37. The zero-order valence-corrected chi connectivity index (χ0v) is 9.91. The summed E-state index contributed by atoms with van der Waals surface area (Å²) in [6, 6.07) is 0. The van der Waals surface area contributed by atoms with Crippen LogP contribution >= 0.6 is 0 Å². The number of fused-ring (bicyclic) bond motifs is 2. The predicted octanol–water partition coefficient (Wildman–Crippen LogP) is 2.11. The standard InChI is InChI=1S/C12H17FN4/c1-6-10(13)12(17-14)16-11(15-6)9-5-7-2-3-8(9)4-7/h7-9H,2-5,14H2,1H3,(H,15,16,17). The third kappa shape index (κ3) is 1.69. The van der Waals surface area contributed by atoms with E-state index in [-0.39, 0.29) is 5.82 Å². The lowest BCUT2D eigenvalue weighted by Gasteiger charge is -2.21. The van der Waals surface area contributed by atoms with Gasteiger partial charge in [-0.25, -0.2) is 20.2 Å². The topological polar surface area (TPSA) is 63.8 Å². The van der Waals surface area contributed by atoms with Gasteiger partial charge in [0.1, 0.15) is 5.82 Å². The second-order valence-corrected chi connectivity index (χ2v) is 5.26. The average Bonchev–Trinajstić information content (AvgIpc) is 2.94. The maximum atomic E-state index is 13.6. The molecule has 1 aromatic heterocycles. The van der Waals surface area contributed by atoms with Crippen molar-refractivity contribution < 1.29 is 4.39 Å². The number of nitrogen functional groups attached to an aromatic ring is 1. The molecular weight excluding hydrogens is 219 g/mol. The van der Waals surface area contributed by atoms with Crippen LogP contribution in [0.3, 0.4) is 0 Å². The van der Waals surface area contributed by atoms with Crippen molar-refractivity contribution in [3.63, 3.8) is 0 Å². The highest BCUT2D eigenvalue weighted by Crippen LogP contribution is 2.52. The molecule has 3 unspecified atom stereocenters. The minimum absolute atomic E-state index is 0.121.